The van der Waals surface area contributed by atoms with Gasteiger partial charge in [0.2, 0.25) is 0 Å². The van der Waals surface area contributed by atoms with Gasteiger partial charge in [-0.25, -0.2) is 0 Å². The van der Waals surface area contributed by atoms with Crippen molar-refractivity contribution >= 4 is 0 Å². The molecule has 0 heterocycles. The maximum Gasteiger partial charge on any atom is 0.106 e. The third-order valence-corrected chi connectivity index (χ3v) is 3.93. The van der Waals surface area contributed by atoms with Crippen molar-refractivity contribution in [3.05, 3.63) is 71.3 Å². The van der Waals surface area contributed by atoms with Gasteiger partial charge in [-0.1, -0.05) is 54.6 Å². The summed E-state index contributed by atoms with van der Waals surface area (Å²) in [5, 5.41) is 10.2. The van der Waals surface area contributed by atoms with E-state index in [4.69, 9.17) is 4.74 Å². The first-order chi connectivity index (χ1) is 9.84. The lowest BCUT2D eigenvalue weighted by Gasteiger charge is -2.16. The molecule has 2 aromatic rings. The van der Waals surface area contributed by atoms with Crippen molar-refractivity contribution in [3.8, 4) is 0 Å². The Morgan fingerprint density at radius 1 is 1.00 bits per heavy atom. The van der Waals surface area contributed by atoms with E-state index in [-0.39, 0.29) is 6.10 Å². The zero-order chi connectivity index (χ0) is 13.8. The number of aliphatic hydroxyl groups excluding tert-OH is 1. The number of hydrogen-bond donors (Lipinski definition) is 1. The number of hydrogen-bond acceptors (Lipinski definition) is 2. The predicted molar refractivity (Wildman–Crippen MR) is 79.6 cm³/mol. The number of rotatable bonds is 5. The largest absolute Gasteiger partial charge is 0.386 e. The van der Waals surface area contributed by atoms with Gasteiger partial charge in [-0.2, -0.15) is 0 Å². The van der Waals surface area contributed by atoms with Gasteiger partial charge in [-0.3, -0.25) is 0 Å². The second kappa shape index (κ2) is 6.21. The number of aliphatic hydroxyl groups is 1. The van der Waals surface area contributed by atoms with E-state index in [1.807, 2.05) is 24.3 Å². The van der Waals surface area contributed by atoms with E-state index >= 15 is 0 Å². The highest BCUT2D eigenvalue weighted by atomic mass is 16.5. The first-order valence-electron chi connectivity index (χ1n) is 7.26. The van der Waals surface area contributed by atoms with Crippen LogP contribution in [0.4, 0.5) is 0 Å². The number of fused-ring (bicyclic) bond motifs is 1. The Bertz CT molecular complexity index is 550. The summed E-state index contributed by atoms with van der Waals surface area (Å²) >= 11 is 0. The van der Waals surface area contributed by atoms with Crippen LogP contribution in [0.3, 0.4) is 0 Å². The van der Waals surface area contributed by atoms with Crippen LogP contribution in [0, 0.1) is 0 Å². The molecular formula is C18H20O2. The van der Waals surface area contributed by atoms with Crippen LogP contribution in [0.1, 0.15) is 29.2 Å². The van der Waals surface area contributed by atoms with E-state index < -0.39 is 6.10 Å². The summed E-state index contributed by atoms with van der Waals surface area (Å²) in [5.41, 5.74) is 3.58. The summed E-state index contributed by atoms with van der Waals surface area (Å²) in [7, 11) is 0. The molecule has 20 heavy (non-hydrogen) atoms. The fraction of sp³-hybridized carbons (Fsp3) is 0.333. The van der Waals surface area contributed by atoms with Gasteiger partial charge in [0.1, 0.15) is 6.10 Å². The van der Waals surface area contributed by atoms with Crippen LogP contribution in [-0.2, 0) is 17.6 Å². The van der Waals surface area contributed by atoms with Crippen LogP contribution in [0.2, 0.25) is 0 Å². The Morgan fingerprint density at radius 3 is 2.55 bits per heavy atom. The molecule has 2 unspecified atom stereocenters. The molecule has 0 spiro atoms. The fourth-order valence-corrected chi connectivity index (χ4v) is 2.84. The molecule has 2 aromatic carbocycles. The smallest absolute Gasteiger partial charge is 0.106 e. The fourth-order valence-electron chi connectivity index (χ4n) is 2.84. The predicted octanol–water partition coefficient (Wildman–Crippen LogP) is 3.29. The minimum Gasteiger partial charge on any atom is -0.386 e. The van der Waals surface area contributed by atoms with Crippen LogP contribution in [0.5, 0.6) is 0 Å². The molecule has 104 valence electrons. The van der Waals surface area contributed by atoms with Crippen LogP contribution in [-0.4, -0.2) is 17.8 Å². The molecule has 0 bridgehead atoms. The quantitative estimate of drug-likeness (QED) is 0.843. The van der Waals surface area contributed by atoms with Gasteiger partial charge in [0, 0.05) is 13.0 Å². The van der Waals surface area contributed by atoms with Gasteiger partial charge in [-0.05, 0) is 29.5 Å². The Labute approximate surface area is 120 Å². The maximum atomic E-state index is 10.2. The van der Waals surface area contributed by atoms with Gasteiger partial charge in [-0.15, -0.1) is 0 Å². The lowest BCUT2D eigenvalue weighted by molar-refractivity contribution is -0.0283. The Hall–Kier alpha value is -1.64. The molecule has 2 atom stereocenters. The van der Waals surface area contributed by atoms with Crippen molar-refractivity contribution in [1.29, 1.82) is 0 Å². The summed E-state index contributed by atoms with van der Waals surface area (Å²) in [6.45, 7) is 0.699. The molecule has 0 amide bonds. The van der Waals surface area contributed by atoms with Crippen molar-refractivity contribution in [3.63, 3.8) is 0 Å². The number of benzene rings is 2. The van der Waals surface area contributed by atoms with Gasteiger partial charge < -0.3 is 9.84 Å². The van der Waals surface area contributed by atoms with Gasteiger partial charge in [0.15, 0.2) is 0 Å². The average molecular weight is 268 g/mol. The molecule has 3 rings (SSSR count). The van der Waals surface area contributed by atoms with Crippen molar-refractivity contribution < 1.29 is 9.84 Å². The molecule has 1 N–H and O–H groups in total. The van der Waals surface area contributed by atoms with Crippen molar-refractivity contribution in [2.24, 2.45) is 0 Å². The minimum atomic E-state index is -0.470. The molecule has 0 saturated heterocycles. The third kappa shape index (κ3) is 2.92. The van der Waals surface area contributed by atoms with Crippen molar-refractivity contribution in [2.75, 3.05) is 6.61 Å². The van der Waals surface area contributed by atoms with Crippen LogP contribution in [0.15, 0.2) is 54.6 Å². The SMILES string of the molecule is OC1c2ccccc2CC1OCCCc1ccccc1. The molecule has 2 nitrogen and oxygen atoms in total. The molecule has 1 aliphatic rings. The van der Waals surface area contributed by atoms with Crippen molar-refractivity contribution in [1.82, 2.24) is 0 Å². The van der Waals surface area contributed by atoms with E-state index in [0.717, 1.165) is 24.8 Å². The van der Waals surface area contributed by atoms with Crippen molar-refractivity contribution in [2.45, 2.75) is 31.5 Å². The standard InChI is InChI=1S/C18H20O2/c19-18-16-11-5-4-10-15(16)13-17(18)20-12-6-9-14-7-2-1-3-8-14/h1-5,7-8,10-11,17-19H,6,9,12-13H2. The summed E-state index contributed by atoms with van der Waals surface area (Å²) in [4.78, 5) is 0. The Balaban J connectivity index is 1.46. The lowest BCUT2D eigenvalue weighted by atomic mass is 10.1. The molecular weight excluding hydrogens is 248 g/mol. The van der Waals surface area contributed by atoms with Gasteiger partial charge in [0.05, 0.1) is 6.10 Å². The topological polar surface area (TPSA) is 29.5 Å². The first kappa shape index (κ1) is 13.3. The lowest BCUT2D eigenvalue weighted by Crippen LogP contribution is -2.19. The molecule has 0 aromatic heterocycles. The monoisotopic (exact) mass is 268 g/mol. The van der Waals surface area contributed by atoms with Gasteiger partial charge >= 0.3 is 0 Å². The van der Waals surface area contributed by atoms with Crippen LogP contribution < -0.4 is 0 Å². The van der Waals surface area contributed by atoms with E-state index in [0.29, 0.717) is 6.61 Å². The minimum absolute atomic E-state index is 0.0804. The zero-order valence-corrected chi connectivity index (χ0v) is 11.5. The zero-order valence-electron chi connectivity index (χ0n) is 11.5. The highest BCUT2D eigenvalue weighted by Crippen LogP contribution is 2.32. The van der Waals surface area contributed by atoms with E-state index in [9.17, 15) is 5.11 Å². The highest BCUT2D eigenvalue weighted by Gasteiger charge is 2.30. The molecule has 0 radical (unpaired) electrons. The van der Waals surface area contributed by atoms with E-state index in [2.05, 4.69) is 30.3 Å². The van der Waals surface area contributed by atoms with Crippen LogP contribution >= 0.6 is 0 Å². The van der Waals surface area contributed by atoms with E-state index in [1.54, 1.807) is 0 Å². The molecule has 2 heteroatoms. The number of ether oxygens (including phenoxy) is 1. The second-order valence-corrected chi connectivity index (χ2v) is 5.35. The summed E-state index contributed by atoms with van der Waals surface area (Å²) in [5.74, 6) is 0. The van der Waals surface area contributed by atoms with Crippen LogP contribution in [0.25, 0.3) is 0 Å². The first-order valence-corrected chi connectivity index (χ1v) is 7.26. The molecule has 0 saturated carbocycles. The summed E-state index contributed by atoms with van der Waals surface area (Å²) in [6, 6.07) is 18.5. The maximum absolute atomic E-state index is 10.2. The summed E-state index contributed by atoms with van der Waals surface area (Å²) in [6.07, 6.45) is 2.29. The summed E-state index contributed by atoms with van der Waals surface area (Å²) < 4.78 is 5.87. The average Bonchev–Trinajstić information content (AvgIpc) is 2.82. The Kier molecular flexibility index (Phi) is 4.14. The van der Waals surface area contributed by atoms with Gasteiger partial charge in [0.25, 0.3) is 0 Å². The highest BCUT2D eigenvalue weighted by molar-refractivity contribution is 5.35. The molecule has 0 aliphatic heterocycles. The van der Waals surface area contributed by atoms with E-state index in [1.165, 1.54) is 11.1 Å². The molecule has 1 aliphatic carbocycles. The normalized spacial score (nSPS) is 20.9. The number of aryl methyl sites for hydroxylation is 1. The second-order valence-electron chi connectivity index (χ2n) is 5.35. The Morgan fingerprint density at radius 2 is 1.75 bits per heavy atom. The third-order valence-electron chi connectivity index (χ3n) is 3.93. The molecule has 0 fully saturated rings.